The van der Waals surface area contributed by atoms with Crippen LogP contribution >= 0.6 is 15.9 Å². The topological polar surface area (TPSA) is 18.5 Å². The maximum atomic E-state index is 5.61. The number of ether oxygens (including phenoxy) is 2. The molecular formula is C16H25BrO2. The van der Waals surface area contributed by atoms with Crippen LogP contribution in [0.4, 0.5) is 0 Å². The maximum absolute atomic E-state index is 5.61. The molecule has 1 heterocycles. The molecular weight excluding hydrogens is 304 g/mol. The van der Waals surface area contributed by atoms with E-state index in [-0.39, 0.29) is 6.29 Å². The van der Waals surface area contributed by atoms with Gasteiger partial charge in [-0.2, -0.15) is 0 Å². The van der Waals surface area contributed by atoms with Gasteiger partial charge in [-0.25, -0.2) is 0 Å². The highest BCUT2D eigenvalue weighted by atomic mass is 79.9. The third kappa shape index (κ3) is 10.1. The third-order valence-corrected chi connectivity index (χ3v) is 3.29. The standard InChI is InChI=1S/C16H25BrO2/c17-13-9-6-4-2-1-3-5-7-10-14-18-16-12-8-11-15-19-16/h1,3-4,6-7,10,16H,2,5,8-9,11-15H2/b3-1-,6-4-,10-7-. The van der Waals surface area contributed by atoms with Gasteiger partial charge in [0, 0.05) is 11.9 Å². The fourth-order valence-corrected chi connectivity index (χ4v) is 2.06. The summed E-state index contributed by atoms with van der Waals surface area (Å²) >= 11 is 3.40. The van der Waals surface area contributed by atoms with Crippen molar-refractivity contribution in [2.75, 3.05) is 18.5 Å². The molecule has 1 rings (SSSR count). The number of hydrogen-bond donors (Lipinski definition) is 0. The smallest absolute Gasteiger partial charge is 0.157 e. The number of hydrogen-bond acceptors (Lipinski definition) is 2. The van der Waals surface area contributed by atoms with E-state index in [1.54, 1.807) is 0 Å². The van der Waals surface area contributed by atoms with Crippen molar-refractivity contribution in [1.29, 1.82) is 0 Å². The molecule has 0 N–H and O–H groups in total. The monoisotopic (exact) mass is 328 g/mol. The van der Waals surface area contributed by atoms with Crippen LogP contribution in [0.3, 0.4) is 0 Å². The molecule has 2 nitrogen and oxygen atoms in total. The normalized spacial score (nSPS) is 21.0. The quantitative estimate of drug-likeness (QED) is 0.448. The van der Waals surface area contributed by atoms with E-state index in [1.165, 1.54) is 12.8 Å². The van der Waals surface area contributed by atoms with Crippen LogP contribution in [-0.2, 0) is 9.47 Å². The van der Waals surface area contributed by atoms with Gasteiger partial charge in [0.1, 0.15) is 0 Å². The van der Waals surface area contributed by atoms with Crippen molar-refractivity contribution in [2.45, 2.75) is 44.8 Å². The van der Waals surface area contributed by atoms with Gasteiger partial charge >= 0.3 is 0 Å². The van der Waals surface area contributed by atoms with Crippen molar-refractivity contribution < 1.29 is 9.47 Å². The number of halogens is 1. The Bertz CT molecular complexity index is 278. The summed E-state index contributed by atoms with van der Waals surface area (Å²) in [6.07, 6.45) is 19.5. The molecule has 19 heavy (non-hydrogen) atoms. The predicted octanol–water partition coefficient (Wildman–Crippen LogP) is 4.76. The van der Waals surface area contributed by atoms with Gasteiger partial charge in [-0.3, -0.25) is 0 Å². The Morgan fingerprint density at radius 2 is 1.74 bits per heavy atom. The third-order valence-electron chi connectivity index (χ3n) is 2.84. The van der Waals surface area contributed by atoms with Crippen LogP contribution in [0.1, 0.15) is 38.5 Å². The van der Waals surface area contributed by atoms with E-state index in [2.05, 4.69) is 52.4 Å². The Labute approximate surface area is 125 Å². The van der Waals surface area contributed by atoms with Crippen molar-refractivity contribution in [1.82, 2.24) is 0 Å². The number of allylic oxidation sites excluding steroid dienone is 5. The van der Waals surface area contributed by atoms with Gasteiger partial charge in [0.2, 0.25) is 0 Å². The van der Waals surface area contributed by atoms with Crippen LogP contribution < -0.4 is 0 Å². The second-order valence-electron chi connectivity index (χ2n) is 4.49. The Kier molecular flexibility index (Phi) is 11.1. The first kappa shape index (κ1) is 16.7. The van der Waals surface area contributed by atoms with Gasteiger partial charge in [-0.05, 0) is 38.5 Å². The van der Waals surface area contributed by atoms with Gasteiger partial charge in [0.05, 0.1) is 6.61 Å². The van der Waals surface area contributed by atoms with Gasteiger partial charge in [0.15, 0.2) is 6.29 Å². The summed E-state index contributed by atoms with van der Waals surface area (Å²) < 4.78 is 11.1. The molecule has 1 aliphatic heterocycles. The maximum Gasteiger partial charge on any atom is 0.157 e. The zero-order chi connectivity index (χ0) is 13.6. The summed E-state index contributed by atoms with van der Waals surface area (Å²) in [7, 11) is 0. The van der Waals surface area contributed by atoms with Gasteiger partial charge in [-0.15, -0.1) is 0 Å². The van der Waals surface area contributed by atoms with Crippen LogP contribution in [0.5, 0.6) is 0 Å². The van der Waals surface area contributed by atoms with Gasteiger partial charge in [-0.1, -0.05) is 52.4 Å². The molecule has 0 spiro atoms. The highest BCUT2D eigenvalue weighted by molar-refractivity contribution is 9.09. The molecule has 108 valence electrons. The molecule has 1 fully saturated rings. The van der Waals surface area contributed by atoms with E-state index in [9.17, 15) is 0 Å². The highest BCUT2D eigenvalue weighted by Gasteiger charge is 2.12. The molecule has 0 saturated carbocycles. The van der Waals surface area contributed by atoms with Crippen molar-refractivity contribution in [2.24, 2.45) is 0 Å². The first-order chi connectivity index (χ1) is 9.43. The molecule has 1 atom stereocenters. The number of rotatable bonds is 9. The summed E-state index contributed by atoms with van der Waals surface area (Å²) in [6, 6.07) is 0. The predicted molar refractivity (Wildman–Crippen MR) is 84.6 cm³/mol. The zero-order valence-electron chi connectivity index (χ0n) is 11.6. The lowest BCUT2D eigenvalue weighted by atomic mass is 10.2. The molecule has 0 aromatic rings. The Hall–Kier alpha value is -0.380. The van der Waals surface area contributed by atoms with Crippen molar-refractivity contribution in [3.8, 4) is 0 Å². The van der Waals surface area contributed by atoms with Crippen LogP contribution in [-0.4, -0.2) is 24.8 Å². The van der Waals surface area contributed by atoms with E-state index in [4.69, 9.17) is 9.47 Å². The minimum absolute atomic E-state index is 0.0218. The SMILES string of the molecule is BrCC/C=C\C/C=C\C/C=C\COC1CCCCO1. The van der Waals surface area contributed by atoms with Crippen LogP contribution in [0, 0.1) is 0 Å². The molecule has 3 heteroatoms. The van der Waals surface area contributed by atoms with Crippen LogP contribution in [0.15, 0.2) is 36.5 Å². The zero-order valence-corrected chi connectivity index (χ0v) is 13.2. The molecule has 1 aliphatic rings. The lowest BCUT2D eigenvalue weighted by molar-refractivity contribution is -0.155. The lowest BCUT2D eigenvalue weighted by Gasteiger charge is -2.21. The Morgan fingerprint density at radius 3 is 2.42 bits per heavy atom. The van der Waals surface area contributed by atoms with E-state index in [0.717, 1.165) is 37.6 Å². The molecule has 1 unspecified atom stereocenters. The molecule has 1 saturated heterocycles. The van der Waals surface area contributed by atoms with E-state index in [0.29, 0.717) is 6.61 Å². The molecule has 0 aromatic heterocycles. The van der Waals surface area contributed by atoms with Crippen LogP contribution in [0.25, 0.3) is 0 Å². The van der Waals surface area contributed by atoms with E-state index >= 15 is 0 Å². The van der Waals surface area contributed by atoms with Gasteiger partial charge < -0.3 is 9.47 Å². The van der Waals surface area contributed by atoms with E-state index < -0.39 is 0 Å². The average molecular weight is 329 g/mol. The minimum Gasteiger partial charge on any atom is -0.353 e. The van der Waals surface area contributed by atoms with Crippen molar-refractivity contribution in [3.63, 3.8) is 0 Å². The Balaban J connectivity index is 1.93. The molecule has 0 amide bonds. The summed E-state index contributed by atoms with van der Waals surface area (Å²) in [5.41, 5.74) is 0. The summed E-state index contributed by atoms with van der Waals surface area (Å²) in [4.78, 5) is 0. The molecule has 0 radical (unpaired) electrons. The van der Waals surface area contributed by atoms with Gasteiger partial charge in [0.25, 0.3) is 0 Å². The van der Waals surface area contributed by atoms with E-state index in [1.807, 2.05) is 0 Å². The Morgan fingerprint density at radius 1 is 1.00 bits per heavy atom. The van der Waals surface area contributed by atoms with Crippen LogP contribution in [0.2, 0.25) is 0 Å². The largest absolute Gasteiger partial charge is 0.353 e. The highest BCUT2D eigenvalue weighted by Crippen LogP contribution is 2.13. The summed E-state index contributed by atoms with van der Waals surface area (Å²) in [6.45, 7) is 1.50. The fraction of sp³-hybridized carbons (Fsp3) is 0.625. The van der Waals surface area contributed by atoms with Crippen molar-refractivity contribution in [3.05, 3.63) is 36.5 Å². The molecule has 0 aliphatic carbocycles. The molecule has 0 bridgehead atoms. The summed E-state index contributed by atoms with van der Waals surface area (Å²) in [5.74, 6) is 0. The summed E-state index contributed by atoms with van der Waals surface area (Å²) in [5, 5.41) is 1.04. The first-order valence-electron chi connectivity index (χ1n) is 7.17. The number of alkyl halides is 1. The molecule has 0 aromatic carbocycles. The minimum atomic E-state index is 0.0218. The average Bonchev–Trinajstić information content (AvgIpc) is 2.46. The first-order valence-corrected chi connectivity index (χ1v) is 8.30. The second kappa shape index (κ2) is 12.6. The van der Waals surface area contributed by atoms with Crippen molar-refractivity contribution >= 4 is 15.9 Å². The second-order valence-corrected chi connectivity index (χ2v) is 5.29. The fourth-order valence-electron chi connectivity index (χ4n) is 1.80. The lowest BCUT2D eigenvalue weighted by Crippen LogP contribution is -2.22.